The molecule has 0 saturated carbocycles. The lowest BCUT2D eigenvalue weighted by Crippen LogP contribution is -2.31. The van der Waals surface area contributed by atoms with E-state index in [1.165, 1.54) is 30.5 Å². The number of nitrogens with one attached hydrogen (secondary N) is 1. The van der Waals surface area contributed by atoms with Gasteiger partial charge in [-0.15, -0.1) is 0 Å². The molecule has 0 unspecified atom stereocenters. The average Bonchev–Trinajstić information content (AvgIpc) is 2.58. The Balaban J connectivity index is 1.87. The Hall–Kier alpha value is -3.02. The van der Waals surface area contributed by atoms with Crippen molar-refractivity contribution in [3.8, 4) is 5.75 Å². The van der Waals surface area contributed by atoms with Crippen LogP contribution in [0, 0.1) is 11.2 Å². The van der Waals surface area contributed by atoms with Crippen LogP contribution < -0.4 is 5.43 Å². The molecule has 1 amide bonds. The summed E-state index contributed by atoms with van der Waals surface area (Å²) in [5, 5.41) is 13.1. The summed E-state index contributed by atoms with van der Waals surface area (Å²) in [7, 11) is 0. The Morgan fingerprint density at radius 1 is 1.12 bits per heavy atom. The fourth-order valence-corrected chi connectivity index (χ4v) is 2.37. The number of amides is 1. The van der Waals surface area contributed by atoms with Gasteiger partial charge >= 0.3 is 0 Å². The second-order valence-electron chi connectivity index (χ2n) is 6.67. The highest BCUT2D eigenvalue weighted by Crippen LogP contribution is 2.25. The third-order valence-corrected chi connectivity index (χ3v) is 3.93. The Kier molecular flexibility index (Phi) is 6.22. The lowest BCUT2D eigenvalue weighted by atomic mass is 9.80. The minimum absolute atomic E-state index is 0.163. The first-order valence-electron chi connectivity index (χ1n) is 8.15. The second-order valence-corrected chi connectivity index (χ2v) is 6.67. The summed E-state index contributed by atoms with van der Waals surface area (Å²) in [5.74, 6) is -0.906. The van der Waals surface area contributed by atoms with Crippen molar-refractivity contribution >= 4 is 17.9 Å². The van der Waals surface area contributed by atoms with E-state index in [0.29, 0.717) is 12.0 Å². The number of hydrazone groups is 1. The highest BCUT2D eigenvalue weighted by Gasteiger charge is 2.29. The first kappa shape index (κ1) is 19.3. The SMILES string of the molecule is CC(C)(Cc1ccc(O)cc1)C(=O)CC(=O)N/N=C/c1ccc(F)cc1. The number of Topliss-reactive ketones (excluding diaryl/α,β-unsaturated/α-hetero) is 1. The standard InChI is InChI=1S/C20H21FN2O3/c1-20(2,12-14-5-9-17(24)10-6-14)18(25)11-19(26)23-22-13-15-3-7-16(21)8-4-15/h3-10,13,24H,11-12H2,1-2H3,(H,23,26)/b22-13+. The van der Waals surface area contributed by atoms with Crippen molar-refractivity contribution in [3.63, 3.8) is 0 Å². The van der Waals surface area contributed by atoms with Gasteiger partial charge < -0.3 is 5.11 Å². The lowest BCUT2D eigenvalue weighted by Gasteiger charge is -2.22. The second kappa shape index (κ2) is 8.38. The average molecular weight is 356 g/mol. The number of rotatable bonds is 7. The molecular weight excluding hydrogens is 335 g/mol. The molecule has 0 spiro atoms. The van der Waals surface area contributed by atoms with Crippen molar-refractivity contribution in [2.24, 2.45) is 10.5 Å². The van der Waals surface area contributed by atoms with E-state index in [-0.39, 0.29) is 23.8 Å². The Morgan fingerprint density at radius 3 is 2.35 bits per heavy atom. The van der Waals surface area contributed by atoms with Crippen LogP contribution in [0.4, 0.5) is 4.39 Å². The summed E-state index contributed by atoms with van der Waals surface area (Å²) in [5.41, 5.74) is 3.10. The van der Waals surface area contributed by atoms with Gasteiger partial charge in [-0.1, -0.05) is 38.1 Å². The number of carbonyl (C=O) groups excluding carboxylic acids is 2. The van der Waals surface area contributed by atoms with Crippen LogP contribution in [-0.4, -0.2) is 23.0 Å². The zero-order valence-corrected chi connectivity index (χ0v) is 14.7. The number of phenols is 1. The highest BCUT2D eigenvalue weighted by atomic mass is 19.1. The summed E-state index contributed by atoms with van der Waals surface area (Å²) < 4.78 is 12.8. The first-order chi connectivity index (χ1) is 12.3. The smallest absolute Gasteiger partial charge is 0.247 e. The quantitative estimate of drug-likeness (QED) is 0.454. The Morgan fingerprint density at radius 2 is 1.73 bits per heavy atom. The van der Waals surface area contributed by atoms with Crippen LogP contribution in [0.2, 0.25) is 0 Å². The van der Waals surface area contributed by atoms with Crippen LogP contribution in [0.5, 0.6) is 5.75 Å². The van der Waals surface area contributed by atoms with E-state index < -0.39 is 11.3 Å². The van der Waals surface area contributed by atoms with E-state index in [9.17, 15) is 19.1 Å². The maximum absolute atomic E-state index is 12.8. The summed E-state index contributed by atoms with van der Waals surface area (Å²) in [4.78, 5) is 24.3. The number of hydrogen-bond donors (Lipinski definition) is 2. The normalized spacial score (nSPS) is 11.5. The zero-order valence-electron chi connectivity index (χ0n) is 14.7. The molecule has 0 aliphatic carbocycles. The van der Waals surface area contributed by atoms with Gasteiger partial charge in [-0.3, -0.25) is 9.59 Å². The highest BCUT2D eigenvalue weighted by molar-refractivity contribution is 6.00. The molecule has 2 aromatic carbocycles. The minimum atomic E-state index is -0.727. The number of carbonyl (C=O) groups is 2. The third kappa shape index (κ3) is 5.81. The molecule has 2 N–H and O–H groups in total. The van der Waals surface area contributed by atoms with Gasteiger partial charge in [-0.2, -0.15) is 5.10 Å². The van der Waals surface area contributed by atoms with Gasteiger partial charge in [-0.25, -0.2) is 9.82 Å². The fourth-order valence-electron chi connectivity index (χ4n) is 2.37. The monoisotopic (exact) mass is 356 g/mol. The van der Waals surface area contributed by atoms with Crippen molar-refractivity contribution in [1.29, 1.82) is 0 Å². The molecule has 0 aliphatic rings. The van der Waals surface area contributed by atoms with Gasteiger partial charge in [-0.05, 0) is 41.8 Å². The largest absolute Gasteiger partial charge is 0.508 e. The molecule has 0 aromatic heterocycles. The van der Waals surface area contributed by atoms with Crippen LogP contribution in [0.15, 0.2) is 53.6 Å². The predicted octanol–water partition coefficient (Wildman–Crippen LogP) is 3.21. The van der Waals surface area contributed by atoms with Crippen LogP contribution in [0.25, 0.3) is 0 Å². The van der Waals surface area contributed by atoms with E-state index >= 15 is 0 Å². The Bertz CT molecular complexity index is 797. The third-order valence-electron chi connectivity index (χ3n) is 3.93. The minimum Gasteiger partial charge on any atom is -0.508 e. The molecule has 0 atom stereocenters. The fraction of sp³-hybridized carbons (Fsp3) is 0.250. The van der Waals surface area contributed by atoms with E-state index in [1.54, 1.807) is 38.1 Å². The van der Waals surface area contributed by atoms with E-state index in [2.05, 4.69) is 10.5 Å². The molecule has 0 fully saturated rings. The van der Waals surface area contributed by atoms with E-state index in [1.807, 2.05) is 0 Å². The number of ketones is 1. The van der Waals surface area contributed by atoms with Crippen molar-refractivity contribution in [3.05, 3.63) is 65.5 Å². The summed E-state index contributed by atoms with van der Waals surface area (Å²) in [6.07, 6.45) is 1.55. The number of hydrogen-bond acceptors (Lipinski definition) is 4. The summed E-state index contributed by atoms with van der Waals surface area (Å²) in [6.45, 7) is 3.55. The van der Waals surface area contributed by atoms with E-state index in [0.717, 1.165) is 5.56 Å². The summed E-state index contributed by atoms with van der Waals surface area (Å²) >= 11 is 0. The number of phenolic OH excluding ortho intramolecular Hbond substituents is 1. The van der Waals surface area contributed by atoms with Gasteiger partial charge in [0.1, 0.15) is 17.3 Å². The van der Waals surface area contributed by atoms with Crippen LogP contribution in [0.1, 0.15) is 31.4 Å². The molecule has 6 heteroatoms. The maximum Gasteiger partial charge on any atom is 0.247 e. The number of nitrogens with zero attached hydrogens (tertiary/aromatic N) is 1. The van der Waals surface area contributed by atoms with Crippen molar-refractivity contribution in [2.45, 2.75) is 26.7 Å². The van der Waals surface area contributed by atoms with Gasteiger partial charge in [0.25, 0.3) is 0 Å². The molecule has 0 radical (unpaired) electrons. The van der Waals surface area contributed by atoms with Gasteiger partial charge in [0.05, 0.1) is 12.6 Å². The molecule has 0 heterocycles. The lowest BCUT2D eigenvalue weighted by molar-refractivity contribution is -0.133. The maximum atomic E-state index is 12.8. The van der Waals surface area contributed by atoms with Crippen molar-refractivity contribution in [2.75, 3.05) is 0 Å². The molecule has 26 heavy (non-hydrogen) atoms. The molecule has 0 saturated heterocycles. The van der Waals surface area contributed by atoms with Gasteiger partial charge in [0, 0.05) is 5.41 Å². The molecule has 0 bridgehead atoms. The molecular formula is C20H21FN2O3. The van der Waals surface area contributed by atoms with Crippen molar-refractivity contribution < 1.29 is 19.1 Å². The van der Waals surface area contributed by atoms with Crippen LogP contribution in [-0.2, 0) is 16.0 Å². The van der Waals surface area contributed by atoms with Gasteiger partial charge in [0.2, 0.25) is 5.91 Å². The number of aromatic hydroxyl groups is 1. The van der Waals surface area contributed by atoms with Crippen LogP contribution >= 0.6 is 0 Å². The summed E-state index contributed by atoms with van der Waals surface area (Å²) in [6, 6.07) is 12.2. The first-order valence-corrected chi connectivity index (χ1v) is 8.15. The van der Waals surface area contributed by atoms with Gasteiger partial charge in [0.15, 0.2) is 0 Å². The molecule has 2 rings (SSSR count). The Labute approximate surface area is 151 Å². The molecule has 0 aliphatic heterocycles. The zero-order chi connectivity index (χ0) is 19.2. The van der Waals surface area contributed by atoms with E-state index in [4.69, 9.17) is 0 Å². The van der Waals surface area contributed by atoms with Crippen LogP contribution in [0.3, 0.4) is 0 Å². The predicted molar refractivity (Wildman–Crippen MR) is 97.4 cm³/mol. The molecule has 136 valence electrons. The molecule has 2 aromatic rings. The topological polar surface area (TPSA) is 78.8 Å². The number of benzene rings is 2. The molecule has 5 nitrogen and oxygen atoms in total. The number of halogens is 1. The van der Waals surface area contributed by atoms with Crippen molar-refractivity contribution in [1.82, 2.24) is 5.43 Å².